The van der Waals surface area contributed by atoms with Gasteiger partial charge in [-0.1, -0.05) is 27.4 Å². The molecule has 1 fully saturated rings. The lowest BCUT2D eigenvalue weighted by Gasteiger charge is -2.46. The van der Waals surface area contributed by atoms with Gasteiger partial charge in [-0.2, -0.15) is 0 Å². The number of ether oxygens (including phenoxy) is 1. The van der Waals surface area contributed by atoms with Crippen LogP contribution in [0.2, 0.25) is 0 Å². The van der Waals surface area contributed by atoms with Gasteiger partial charge in [-0.05, 0) is 36.6 Å². The summed E-state index contributed by atoms with van der Waals surface area (Å²) in [5, 5.41) is 7.73. The minimum atomic E-state index is -0.521. The van der Waals surface area contributed by atoms with Crippen molar-refractivity contribution in [2.45, 2.75) is 46.1 Å². The number of rotatable bonds is 5. The average molecular weight is 302 g/mol. The van der Waals surface area contributed by atoms with E-state index in [-0.39, 0.29) is 18.6 Å². The lowest BCUT2D eigenvalue weighted by Crippen LogP contribution is -2.48. The Kier molecular flexibility index (Phi) is 8.73. The standard InChI is InChI=1S/C10H22N2.C5H8O4/c1-9(2)6-10(3,7-11)5-4-8(9)12;1-2-5(6)8-3-4-9-7/h8H,4-7,11-12H2,1-3H3;2,7H,1,3-4H2. The van der Waals surface area contributed by atoms with E-state index in [9.17, 15) is 4.79 Å². The van der Waals surface area contributed by atoms with E-state index in [1.165, 1.54) is 6.42 Å². The topological polar surface area (TPSA) is 108 Å². The molecule has 0 amide bonds. The van der Waals surface area contributed by atoms with Gasteiger partial charge in [0, 0.05) is 12.1 Å². The summed E-state index contributed by atoms with van der Waals surface area (Å²) < 4.78 is 4.39. The first-order valence-corrected chi connectivity index (χ1v) is 7.22. The number of esters is 1. The fraction of sp³-hybridized carbons (Fsp3) is 0.800. The summed E-state index contributed by atoms with van der Waals surface area (Å²) in [5.41, 5.74) is 12.4. The largest absolute Gasteiger partial charge is 0.460 e. The van der Waals surface area contributed by atoms with Crippen LogP contribution in [0.3, 0.4) is 0 Å². The van der Waals surface area contributed by atoms with Crippen molar-refractivity contribution < 1.29 is 19.7 Å². The van der Waals surface area contributed by atoms with E-state index in [4.69, 9.17) is 16.7 Å². The van der Waals surface area contributed by atoms with Crippen molar-refractivity contribution in [1.82, 2.24) is 0 Å². The van der Waals surface area contributed by atoms with Gasteiger partial charge in [0.05, 0.1) is 0 Å². The fourth-order valence-corrected chi connectivity index (χ4v) is 2.63. The maximum absolute atomic E-state index is 10.2. The second-order valence-electron chi connectivity index (χ2n) is 6.53. The first-order chi connectivity index (χ1) is 9.70. The van der Waals surface area contributed by atoms with Crippen LogP contribution in [0.1, 0.15) is 40.0 Å². The molecule has 2 unspecified atom stereocenters. The number of nitrogens with two attached hydrogens (primary N) is 2. The van der Waals surface area contributed by atoms with Gasteiger partial charge in [0.2, 0.25) is 0 Å². The maximum atomic E-state index is 10.2. The third kappa shape index (κ3) is 7.57. The third-order valence-electron chi connectivity index (χ3n) is 4.02. The molecule has 124 valence electrons. The van der Waals surface area contributed by atoms with Crippen LogP contribution in [0.5, 0.6) is 0 Å². The molecule has 5 N–H and O–H groups in total. The highest BCUT2D eigenvalue weighted by atomic mass is 17.1. The summed E-state index contributed by atoms with van der Waals surface area (Å²) in [6, 6.07) is 0.358. The van der Waals surface area contributed by atoms with Crippen LogP contribution in [0.4, 0.5) is 0 Å². The molecule has 0 saturated heterocycles. The van der Waals surface area contributed by atoms with Crippen LogP contribution in [0.25, 0.3) is 0 Å². The van der Waals surface area contributed by atoms with E-state index >= 15 is 0 Å². The molecule has 6 nitrogen and oxygen atoms in total. The molecular weight excluding hydrogens is 272 g/mol. The number of carbonyl (C=O) groups is 1. The van der Waals surface area contributed by atoms with E-state index in [1.54, 1.807) is 0 Å². The van der Waals surface area contributed by atoms with Crippen LogP contribution >= 0.6 is 0 Å². The van der Waals surface area contributed by atoms with Crippen LogP contribution in [0.15, 0.2) is 12.7 Å². The van der Waals surface area contributed by atoms with Gasteiger partial charge < -0.3 is 16.2 Å². The highest BCUT2D eigenvalue weighted by Gasteiger charge is 2.40. The predicted octanol–water partition coefficient (Wildman–Crippen LogP) is 1.69. The van der Waals surface area contributed by atoms with E-state index in [2.05, 4.69) is 37.0 Å². The highest BCUT2D eigenvalue weighted by molar-refractivity contribution is 5.81. The van der Waals surface area contributed by atoms with E-state index in [1.807, 2.05) is 0 Å². The number of hydrogen-bond acceptors (Lipinski definition) is 6. The van der Waals surface area contributed by atoms with Crippen LogP contribution in [0, 0.1) is 10.8 Å². The zero-order valence-electron chi connectivity index (χ0n) is 13.4. The van der Waals surface area contributed by atoms with Crippen LogP contribution in [-0.2, 0) is 14.4 Å². The molecule has 1 rings (SSSR count). The Labute approximate surface area is 127 Å². The highest BCUT2D eigenvalue weighted by Crippen LogP contribution is 2.44. The first-order valence-electron chi connectivity index (χ1n) is 7.22. The van der Waals surface area contributed by atoms with Gasteiger partial charge in [0.1, 0.15) is 13.2 Å². The average Bonchev–Trinajstić information content (AvgIpc) is 2.44. The summed E-state index contributed by atoms with van der Waals surface area (Å²) in [4.78, 5) is 13.8. The van der Waals surface area contributed by atoms with E-state index in [0.717, 1.165) is 25.5 Å². The number of hydrogen-bond donors (Lipinski definition) is 3. The Morgan fingerprint density at radius 3 is 2.48 bits per heavy atom. The normalized spacial score (nSPS) is 27.2. The number of carbonyl (C=O) groups excluding carboxylic acids is 1. The van der Waals surface area contributed by atoms with Crippen molar-refractivity contribution >= 4 is 5.97 Å². The lowest BCUT2D eigenvalue weighted by molar-refractivity contribution is -0.248. The van der Waals surface area contributed by atoms with Crippen LogP contribution in [-0.4, -0.2) is 37.0 Å². The zero-order chi connectivity index (χ0) is 16.5. The third-order valence-corrected chi connectivity index (χ3v) is 4.02. The molecule has 0 aliphatic heterocycles. The molecule has 0 heterocycles. The minimum absolute atomic E-state index is 0.0143. The minimum Gasteiger partial charge on any atom is -0.460 e. The van der Waals surface area contributed by atoms with E-state index in [0.29, 0.717) is 11.5 Å². The van der Waals surface area contributed by atoms with Gasteiger partial charge in [0.25, 0.3) is 0 Å². The molecule has 21 heavy (non-hydrogen) atoms. The SMILES string of the molecule is C=CC(=O)OCCOO.CC1(CN)CCC(N)C(C)(C)C1. The molecule has 1 saturated carbocycles. The Morgan fingerprint density at radius 2 is 2.05 bits per heavy atom. The van der Waals surface area contributed by atoms with Crippen molar-refractivity contribution in [1.29, 1.82) is 0 Å². The van der Waals surface area contributed by atoms with Gasteiger partial charge in [-0.3, -0.25) is 5.26 Å². The summed E-state index contributed by atoms with van der Waals surface area (Å²) in [6.45, 7) is 10.8. The Hall–Kier alpha value is -0.950. The molecule has 0 aromatic carbocycles. The fourth-order valence-electron chi connectivity index (χ4n) is 2.63. The summed E-state index contributed by atoms with van der Waals surface area (Å²) in [6.07, 6.45) is 4.52. The molecule has 0 bridgehead atoms. The lowest BCUT2D eigenvalue weighted by atomic mass is 9.62. The van der Waals surface area contributed by atoms with E-state index < -0.39 is 5.97 Å². The summed E-state index contributed by atoms with van der Waals surface area (Å²) in [5.74, 6) is -0.521. The van der Waals surface area contributed by atoms with Gasteiger partial charge >= 0.3 is 5.97 Å². The molecule has 0 spiro atoms. The molecule has 2 atom stereocenters. The maximum Gasteiger partial charge on any atom is 0.330 e. The van der Waals surface area contributed by atoms with Crippen molar-refractivity contribution in [2.75, 3.05) is 19.8 Å². The van der Waals surface area contributed by atoms with Crippen molar-refractivity contribution in [3.63, 3.8) is 0 Å². The van der Waals surface area contributed by atoms with Crippen molar-refractivity contribution in [3.8, 4) is 0 Å². The zero-order valence-corrected chi connectivity index (χ0v) is 13.4. The first kappa shape index (κ1) is 20.1. The van der Waals surface area contributed by atoms with Crippen LogP contribution < -0.4 is 11.5 Å². The molecule has 0 radical (unpaired) electrons. The second kappa shape index (κ2) is 9.15. The molecule has 0 aromatic rings. The van der Waals surface area contributed by atoms with Crippen molar-refractivity contribution in [2.24, 2.45) is 22.3 Å². The summed E-state index contributed by atoms with van der Waals surface area (Å²) >= 11 is 0. The second-order valence-corrected chi connectivity index (χ2v) is 6.53. The van der Waals surface area contributed by atoms with Gasteiger partial charge in [0.15, 0.2) is 0 Å². The molecule has 6 heteroatoms. The molecule has 1 aliphatic carbocycles. The summed E-state index contributed by atoms with van der Waals surface area (Å²) in [7, 11) is 0. The molecule has 1 aliphatic rings. The van der Waals surface area contributed by atoms with Crippen molar-refractivity contribution in [3.05, 3.63) is 12.7 Å². The van der Waals surface area contributed by atoms with Gasteiger partial charge in [-0.25, -0.2) is 9.68 Å². The Bertz CT molecular complexity index is 331. The monoisotopic (exact) mass is 302 g/mol. The predicted molar refractivity (Wildman–Crippen MR) is 82.5 cm³/mol. The smallest absolute Gasteiger partial charge is 0.330 e. The Morgan fingerprint density at radius 1 is 1.43 bits per heavy atom. The molecule has 0 aromatic heterocycles. The Balaban J connectivity index is 0.000000400. The quantitative estimate of drug-likeness (QED) is 0.234. The molecular formula is C15H30N2O4. The van der Waals surface area contributed by atoms with Gasteiger partial charge in [-0.15, -0.1) is 0 Å².